The summed E-state index contributed by atoms with van der Waals surface area (Å²) in [7, 11) is 0. The zero-order valence-corrected chi connectivity index (χ0v) is 18.9. The normalized spacial score (nSPS) is 16.5. The highest BCUT2D eigenvalue weighted by atomic mass is 16.5. The SMILES string of the molecule is CCC(=O)[C@H](O)C/C=C/C=C/C=C/C[C@H](O)/C(C)=C\[C@@H](C)[C@@H](C)OC(=O)CCC(=O)O. The summed E-state index contributed by atoms with van der Waals surface area (Å²) in [4.78, 5) is 33.4. The summed E-state index contributed by atoms with van der Waals surface area (Å²) in [6, 6.07) is 0. The average molecular weight is 437 g/mol. The highest BCUT2D eigenvalue weighted by molar-refractivity contribution is 5.82. The Labute approximate surface area is 184 Å². The molecule has 0 rings (SSSR count). The van der Waals surface area contributed by atoms with Gasteiger partial charge in [0.1, 0.15) is 12.2 Å². The molecule has 0 aliphatic rings. The lowest BCUT2D eigenvalue weighted by Crippen LogP contribution is -2.22. The number of carbonyl (C=O) groups is 3. The number of carboxylic acid groups (broad SMARTS) is 1. The quantitative estimate of drug-likeness (QED) is 0.204. The molecule has 174 valence electrons. The molecule has 0 radical (unpaired) electrons. The van der Waals surface area contributed by atoms with Crippen LogP contribution in [-0.2, 0) is 19.1 Å². The Bertz CT molecular complexity index is 688. The van der Waals surface area contributed by atoms with Crippen LogP contribution in [0.4, 0.5) is 0 Å². The first kappa shape index (κ1) is 28.5. The van der Waals surface area contributed by atoms with Gasteiger partial charge in [-0.05, 0) is 32.3 Å². The van der Waals surface area contributed by atoms with Gasteiger partial charge in [0, 0.05) is 12.3 Å². The number of carboxylic acids is 1. The van der Waals surface area contributed by atoms with Crippen molar-refractivity contribution in [1.29, 1.82) is 0 Å². The van der Waals surface area contributed by atoms with Crippen LogP contribution < -0.4 is 0 Å². The lowest BCUT2D eigenvalue weighted by Gasteiger charge is -2.19. The molecule has 0 aliphatic heterocycles. The number of hydrogen-bond acceptors (Lipinski definition) is 6. The number of ketones is 1. The van der Waals surface area contributed by atoms with E-state index in [0.717, 1.165) is 5.57 Å². The summed E-state index contributed by atoms with van der Waals surface area (Å²) in [5, 5.41) is 28.4. The third kappa shape index (κ3) is 14.2. The fourth-order valence-corrected chi connectivity index (χ4v) is 2.50. The lowest BCUT2D eigenvalue weighted by molar-refractivity contribution is -0.152. The van der Waals surface area contributed by atoms with Crippen molar-refractivity contribution < 1.29 is 34.4 Å². The summed E-state index contributed by atoms with van der Waals surface area (Å²) >= 11 is 0. The molecular formula is C24H36O7. The second-order valence-corrected chi connectivity index (χ2v) is 7.42. The van der Waals surface area contributed by atoms with E-state index < -0.39 is 30.3 Å². The van der Waals surface area contributed by atoms with Crippen LogP contribution in [0.15, 0.2) is 48.1 Å². The van der Waals surface area contributed by atoms with E-state index in [2.05, 4.69) is 0 Å². The number of hydrogen-bond donors (Lipinski definition) is 3. The Morgan fingerprint density at radius 2 is 1.45 bits per heavy atom. The molecule has 0 bridgehead atoms. The second-order valence-electron chi connectivity index (χ2n) is 7.42. The van der Waals surface area contributed by atoms with Crippen molar-refractivity contribution in [3.05, 3.63) is 48.1 Å². The maximum absolute atomic E-state index is 11.6. The van der Waals surface area contributed by atoms with Gasteiger partial charge >= 0.3 is 11.9 Å². The predicted molar refractivity (Wildman–Crippen MR) is 119 cm³/mol. The number of aliphatic hydroxyl groups is 2. The number of ether oxygens (including phenoxy) is 1. The fourth-order valence-electron chi connectivity index (χ4n) is 2.50. The first-order chi connectivity index (χ1) is 14.6. The van der Waals surface area contributed by atoms with E-state index in [1.54, 1.807) is 51.2 Å². The summed E-state index contributed by atoms with van der Waals surface area (Å²) in [5.74, 6) is -1.90. The number of esters is 1. The van der Waals surface area contributed by atoms with E-state index in [9.17, 15) is 24.6 Å². The van der Waals surface area contributed by atoms with Crippen LogP contribution in [0, 0.1) is 5.92 Å². The number of aliphatic carboxylic acids is 1. The number of allylic oxidation sites excluding steroid dienone is 4. The Hall–Kier alpha value is -2.51. The van der Waals surface area contributed by atoms with Gasteiger partial charge in [-0.25, -0.2) is 0 Å². The van der Waals surface area contributed by atoms with Crippen molar-refractivity contribution in [2.24, 2.45) is 5.92 Å². The van der Waals surface area contributed by atoms with E-state index in [4.69, 9.17) is 9.84 Å². The Balaban J connectivity index is 4.40. The number of carbonyl (C=O) groups excluding carboxylic acids is 2. The minimum absolute atomic E-state index is 0.132. The molecule has 0 fully saturated rings. The largest absolute Gasteiger partial charge is 0.481 e. The van der Waals surface area contributed by atoms with Gasteiger partial charge in [0.15, 0.2) is 5.78 Å². The van der Waals surface area contributed by atoms with Gasteiger partial charge < -0.3 is 20.1 Å². The van der Waals surface area contributed by atoms with E-state index in [1.165, 1.54) is 0 Å². The number of aliphatic hydroxyl groups excluding tert-OH is 2. The molecule has 0 amide bonds. The van der Waals surface area contributed by atoms with E-state index in [1.807, 2.05) is 19.1 Å². The van der Waals surface area contributed by atoms with Crippen molar-refractivity contribution in [3.63, 3.8) is 0 Å². The fraction of sp³-hybridized carbons (Fsp3) is 0.542. The monoisotopic (exact) mass is 436 g/mol. The zero-order valence-electron chi connectivity index (χ0n) is 18.9. The Morgan fingerprint density at radius 3 is 1.97 bits per heavy atom. The zero-order chi connectivity index (χ0) is 23.8. The van der Waals surface area contributed by atoms with Crippen molar-refractivity contribution in [3.8, 4) is 0 Å². The molecule has 7 heteroatoms. The third-order valence-electron chi connectivity index (χ3n) is 4.70. The maximum Gasteiger partial charge on any atom is 0.306 e. The topological polar surface area (TPSA) is 121 Å². The first-order valence-corrected chi connectivity index (χ1v) is 10.5. The highest BCUT2D eigenvalue weighted by Crippen LogP contribution is 2.16. The molecule has 0 spiro atoms. The summed E-state index contributed by atoms with van der Waals surface area (Å²) in [5.41, 5.74) is 0.754. The van der Waals surface area contributed by atoms with E-state index >= 15 is 0 Å². The molecule has 0 heterocycles. The third-order valence-corrected chi connectivity index (χ3v) is 4.70. The van der Waals surface area contributed by atoms with Crippen molar-refractivity contribution in [1.82, 2.24) is 0 Å². The molecule has 4 atom stereocenters. The Morgan fingerprint density at radius 1 is 0.903 bits per heavy atom. The van der Waals surface area contributed by atoms with Crippen LogP contribution in [0.2, 0.25) is 0 Å². The highest BCUT2D eigenvalue weighted by Gasteiger charge is 2.17. The summed E-state index contributed by atoms with van der Waals surface area (Å²) in [6.07, 6.45) is 11.0. The second kappa shape index (κ2) is 16.2. The molecule has 0 unspecified atom stereocenters. The average Bonchev–Trinajstić information content (AvgIpc) is 2.72. The molecule has 0 aromatic carbocycles. The van der Waals surface area contributed by atoms with Gasteiger partial charge in [0.25, 0.3) is 0 Å². The van der Waals surface area contributed by atoms with Gasteiger partial charge in [-0.15, -0.1) is 0 Å². The molecule has 7 nitrogen and oxygen atoms in total. The molecular weight excluding hydrogens is 400 g/mol. The molecule has 0 aromatic rings. The molecule has 0 saturated carbocycles. The van der Waals surface area contributed by atoms with Crippen LogP contribution in [0.3, 0.4) is 0 Å². The molecule has 0 aromatic heterocycles. The smallest absolute Gasteiger partial charge is 0.306 e. The molecule has 31 heavy (non-hydrogen) atoms. The Kier molecular flexibility index (Phi) is 14.9. The van der Waals surface area contributed by atoms with Gasteiger partial charge in [-0.1, -0.05) is 56.4 Å². The van der Waals surface area contributed by atoms with Crippen LogP contribution in [0.1, 0.15) is 59.8 Å². The van der Waals surface area contributed by atoms with Gasteiger partial charge in [0.05, 0.1) is 18.9 Å². The molecule has 3 N–H and O–H groups in total. The van der Waals surface area contributed by atoms with Crippen molar-refractivity contribution in [2.45, 2.75) is 78.1 Å². The summed E-state index contributed by atoms with van der Waals surface area (Å²) < 4.78 is 5.23. The maximum atomic E-state index is 11.6. The standard InChI is InChI=1S/C24H36O7/c1-5-20(25)22(27)13-11-9-7-6-8-10-12-21(26)18(3)16-17(2)19(4)31-24(30)15-14-23(28)29/h6-11,16-17,19,21-22,26-27H,5,12-15H2,1-4H3,(H,28,29)/b7-6+,10-8+,11-9+,18-16-/t17-,19-,21+,22-/m1/s1. The van der Waals surface area contributed by atoms with Crippen LogP contribution in [0.25, 0.3) is 0 Å². The first-order valence-electron chi connectivity index (χ1n) is 10.5. The minimum Gasteiger partial charge on any atom is -0.481 e. The van der Waals surface area contributed by atoms with Crippen LogP contribution in [-0.4, -0.2) is 51.4 Å². The van der Waals surface area contributed by atoms with Gasteiger partial charge in [-0.3, -0.25) is 14.4 Å². The van der Waals surface area contributed by atoms with Crippen molar-refractivity contribution >= 4 is 17.7 Å². The lowest BCUT2D eigenvalue weighted by atomic mass is 9.99. The van der Waals surface area contributed by atoms with Gasteiger partial charge in [-0.2, -0.15) is 0 Å². The van der Waals surface area contributed by atoms with Crippen molar-refractivity contribution in [2.75, 3.05) is 0 Å². The molecule has 0 saturated heterocycles. The molecule has 0 aliphatic carbocycles. The van der Waals surface area contributed by atoms with Crippen LogP contribution >= 0.6 is 0 Å². The van der Waals surface area contributed by atoms with Gasteiger partial charge in [0.2, 0.25) is 0 Å². The van der Waals surface area contributed by atoms with Crippen LogP contribution in [0.5, 0.6) is 0 Å². The number of Topliss-reactive ketones (excluding diaryl/α,β-unsaturated/α-hetero) is 1. The predicted octanol–water partition coefficient (Wildman–Crippen LogP) is 3.52. The summed E-state index contributed by atoms with van der Waals surface area (Å²) in [6.45, 7) is 7.11. The number of rotatable bonds is 15. The van der Waals surface area contributed by atoms with E-state index in [0.29, 0.717) is 12.8 Å². The van der Waals surface area contributed by atoms with E-state index in [-0.39, 0.29) is 31.0 Å². The minimum atomic E-state index is -1.04.